The molecule has 0 aromatic heterocycles. The van der Waals surface area contributed by atoms with E-state index in [0.29, 0.717) is 5.56 Å². The molecule has 0 aliphatic carbocycles. The van der Waals surface area contributed by atoms with E-state index in [9.17, 15) is 13.2 Å². The maximum Gasteiger partial charge on any atom is 0.303 e. The summed E-state index contributed by atoms with van der Waals surface area (Å²) in [5.41, 5.74) is 0.628. The molecule has 0 radical (unpaired) electrons. The summed E-state index contributed by atoms with van der Waals surface area (Å²) in [6.07, 6.45) is 0.129. The first-order valence-electron chi connectivity index (χ1n) is 6.47. The van der Waals surface area contributed by atoms with Crippen LogP contribution in [0.15, 0.2) is 21.5 Å². The molecule has 0 spiro atoms. The van der Waals surface area contributed by atoms with Gasteiger partial charge >= 0.3 is 5.97 Å². The highest BCUT2D eigenvalue weighted by Crippen LogP contribution is 2.25. The predicted octanol–water partition coefficient (Wildman–Crippen LogP) is 2.99. The molecule has 0 fully saturated rings. The summed E-state index contributed by atoms with van der Waals surface area (Å²) in [6.45, 7) is 6.89. The lowest BCUT2D eigenvalue weighted by molar-refractivity contribution is -0.137. The zero-order valence-corrected chi connectivity index (χ0v) is 14.9. The Labute approximate surface area is 133 Å². The van der Waals surface area contributed by atoms with Gasteiger partial charge in [0.05, 0.1) is 4.90 Å². The molecule has 7 heteroatoms. The number of carboxylic acids is 1. The highest BCUT2D eigenvalue weighted by Gasteiger charge is 2.28. The topological polar surface area (TPSA) is 83.5 Å². The minimum Gasteiger partial charge on any atom is -0.481 e. The van der Waals surface area contributed by atoms with Crippen LogP contribution in [-0.2, 0) is 14.8 Å². The molecule has 0 saturated heterocycles. The zero-order chi connectivity index (χ0) is 16.4. The summed E-state index contributed by atoms with van der Waals surface area (Å²) in [5.74, 6) is -0.946. The SMILES string of the molecule is Cc1cc(S(=O)(=O)NC(C)(C)CCC(=O)O)c(C)cc1Br. The molecule has 1 aromatic rings. The van der Waals surface area contributed by atoms with Crippen LogP contribution < -0.4 is 4.72 Å². The quantitative estimate of drug-likeness (QED) is 0.797. The second-order valence-corrected chi connectivity index (χ2v) is 8.26. The van der Waals surface area contributed by atoms with E-state index < -0.39 is 21.5 Å². The van der Waals surface area contributed by atoms with Crippen LogP contribution in [0.3, 0.4) is 0 Å². The molecule has 0 bridgehead atoms. The Morgan fingerprint density at radius 3 is 2.38 bits per heavy atom. The van der Waals surface area contributed by atoms with Crippen LogP contribution in [0.1, 0.15) is 37.8 Å². The summed E-state index contributed by atoms with van der Waals surface area (Å²) < 4.78 is 28.4. The van der Waals surface area contributed by atoms with E-state index in [2.05, 4.69) is 20.7 Å². The van der Waals surface area contributed by atoms with Crippen molar-refractivity contribution >= 4 is 31.9 Å². The maximum atomic E-state index is 12.5. The molecule has 0 aliphatic rings. The van der Waals surface area contributed by atoms with Gasteiger partial charge in [-0.1, -0.05) is 15.9 Å². The summed E-state index contributed by atoms with van der Waals surface area (Å²) in [5, 5.41) is 8.72. The molecule has 0 heterocycles. The number of benzene rings is 1. The molecule has 0 amide bonds. The third-order valence-corrected chi connectivity index (χ3v) is 5.81. The van der Waals surface area contributed by atoms with Crippen molar-refractivity contribution in [3.8, 4) is 0 Å². The highest BCUT2D eigenvalue weighted by atomic mass is 79.9. The lowest BCUT2D eigenvalue weighted by atomic mass is 10.0. The van der Waals surface area contributed by atoms with Gasteiger partial charge < -0.3 is 5.11 Å². The summed E-state index contributed by atoms with van der Waals surface area (Å²) in [4.78, 5) is 10.8. The van der Waals surface area contributed by atoms with E-state index in [1.807, 2.05) is 6.92 Å². The van der Waals surface area contributed by atoms with Crippen molar-refractivity contribution in [3.05, 3.63) is 27.7 Å². The number of hydrogen-bond donors (Lipinski definition) is 2. The van der Waals surface area contributed by atoms with Crippen molar-refractivity contribution < 1.29 is 18.3 Å². The van der Waals surface area contributed by atoms with Gasteiger partial charge in [0.15, 0.2) is 0 Å². The van der Waals surface area contributed by atoms with Gasteiger partial charge in [-0.3, -0.25) is 4.79 Å². The first-order valence-corrected chi connectivity index (χ1v) is 8.75. The molecule has 5 nitrogen and oxygen atoms in total. The number of aliphatic carboxylic acids is 1. The molecule has 0 aliphatic heterocycles. The minimum atomic E-state index is -3.70. The number of carboxylic acid groups (broad SMARTS) is 1. The normalized spacial score (nSPS) is 12.4. The van der Waals surface area contributed by atoms with Gasteiger partial charge in [0, 0.05) is 16.4 Å². The Morgan fingerprint density at radius 2 is 1.86 bits per heavy atom. The van der Waals surface area contributed by atoms with Crippen molar-refractivity contribution in [2.75, 3.05) is 0 Å². The van der Waals surface area contributed by atoms with Gasteiger partial charge in [-0.15, -0.1) is 0 Å². The predicted molar refractivity (Wildman–Crippen MR) is 84.9 cm³/mol. The van der Waals surface area contributed by atoms with Crippen LogP contribution in [0, 0.1) is 13.8 Å². The summed E-state index contributed by atoms with van der Waals surface area (Å²) >= 11 is 3.37. The summed E-state index contributed by atoms with van der Waals surface area (Å²) in [7, 11) is -3.70. The second-order valence-electron chi connectivity index (χ2n) is 5.75. The number of aryl methyl sites for hydroxylation is 2. The molecule has 1 rings (SSSR count). The zero-order valence-electron chi connectivity index (χ0n) is 12.5. The molecule has 0 atom stereocenters. The smallest absolute Gasteiger partial charge is 0.303 e. The average Bonchev–Trinajstić information content (AvgIpc) is 2.30. The van der Waals surface area contributed by atoms with E-state index in [-0.39, 0.29) is 17.7 Å². The fourth-order valence-electron chi connectivity index (χ4n) is 1.93. The van der Waals surface area contributed by atoms with E-state index in [4.69, 9.17) is 5.11 Å². The van der Waals surface area contributed by atoms with E-state index in [0.717, 1.165) is 10.0 Å². The first-order chi connectivity index (χ1) is 9.44. The van der Waals surface area contributed by atoms with E-state index >= 15 is 0 Å². The Kier molecular flexibility index (Phi) is 5.57. The van der Waals surface area contributed by atoms with Gasteiger partial charge in [0.25, 0.3) is 0 Å². The van der Waals surface area contributed by atoms with Gasteiger partial charge in [-0.2, -0.15) is 0 Å². The van der Waals surface area contributed by atoms with Crippen molar-refractivity contribution in [1.82, 2.24) is 4.72 Å². The van der Waals surface area contributed by atoms with E-state index in [1.54, 1.807) is 32.9 Å². The Hall–Kier alpha value is -0.920. The Morgan fingerprint density at radius 1 is 1.29 bits per heavy atom. The molecule has 21 heavy (non-hydrogen) atoms. The van der Waals surface area contributed by atoms with Crippen LogP contribution in [0.25, 0.3) is 0 Å². The lowest BCUT2D eigenvalue weighted by Gasteiger charge is -2.26. The number of hydrogen-bond acceptors (Lipinski definition) is 3. The van der Waals surface area contributed by atoms with Crippen molar-refractivity contribution in [3.63, 3.8) is 0 Å². The van der Waals surface area contributed by atoms with Gasteiger partial charge in [-0.05, 0) is 57.4 Å². The number of nitrogens with one attached hydrogen (secondary N) is 1. The molecular formula is C14H20BrNO4S. The van der Waals surface area contributed by atoms with E-state index in [1.165, 1.54) is 0 Å². The third-order valence-electron chi connectivity index (χ3n) is 3.12. The van der Waals surface area contributed by atoms with Crippen LogP contribution >= 0.6 is 15.9 Å². The highest BCUT2D eigenvalue weighted by molar-refractivity contribution is 9.10. The van der Waals surface area contributed by atoms with Gasteiger partial charge in [-0.25, -0.2) is 13.1 Å². The Bertz CT molecular complexity index is 653. The maximum absolute atomic E-state index is 12.5. The first kappa shape index (κ1) is 18.1. The molecule has 0 saturated carbocycles. The number of carbonyl (C=O) groups is 1. The summed E-state index contributed by atoms with van der Waals surface area (Å²) in [6, 6.07) is 3.36. The fraction of sp³-hybridized carbons (Fsp3) is 0.500. The van der Waals surface area contributed by atoms with Crippen molar-refractivity contribution in [1.29, 1.82) is 0 Å². The standard InChI is InChI=1S/C14H20BrNO4S/c1-9-8-12(10(2)7-11(9)15)21(19,20)16-14(3,4)6-5-13(17)18/h7-8,16H,5-6H2,1-4H3,(H,17,18). The minimum absolute atomic E-state index is 0.0894. The molecular weight excluding hydrogens is 358 g/mol. The van der Waals surface area contributed by atoms with Crippen molar-refractivity contribution in [2.45, 2.75) is 51.0 Å². The van der Waals surface area contributed by atoms with Crippen LogP contribution in [-0.4, -0.2) is 25.0 Å². The Balaban J connectivity index is 3.07. The number of rotatable bonds is 6. The van der Waals surface area contributed by atoms with Crippen molar-refractivity contribution in [2.24, 2.45) is 0 Å². The molecule has 1 aromatic carbocycles. The van der Waals surface area contributed by atoms with Crippen LogP contribution in [0.5, 0.6) is 0 Å². The van der Waals surface area contributed by atoms with Gasteiger partial charge in [0.2, 0.25) is 10.0 Å². The number of sulfonamides is 1. The monoisotopic (exact) mass is 377 g/mol. The van der Waals surface area contributed by atoms with Gasteiger partial charge in [0.1, 0.15) is 0 Å². The fourth-order valence-corrected chi connectivity index (χ4v) is 4.15. The average molecular weight is 378 g/mol. The molecule has 0 unspecified atom stereocenters. The molecule has 2 N–H and O–H groups in total. The van der Waals surface area contributed by atoms with Crippen LogP contribution in [0.2, 0.25) is 0 Å². The lowest BCUT2D eigenvalue weighted by Crippen LogP contribution is -2.43. The largest absolute Gasteiger partial charge is 0.481 e. The third kappa shape index (κ3) is 5.09. The second kappa shape index (κ2) is 6.46. The molecule has 118 valence electrons. The van der Waals surface area contributed by atoms with Crippen LogP contribution in [0.4, 0.5) is 0 Å². The number of halogens is 1.